The molecule has 2 nitrogen and oxygen atoms in total. The van der Waals surface area contributed by atoms with E-state index < -0.39 is 0 Å². The van der Waals surface area contributed by atoms with Crippen molar-refractivity contribution in [3.8, 4) is 5.88 Å². The van der Waals surface area contributed by atoms with Gasteiger partial charge in [0.25, 0.3) is 0 Å². The van der Waals surface area contributed by atoms with Gasteiger partial charge in [0.2, 0.25) is 5.88 Å². The van der Waals surface area contributed by atoms with Gasteiger partial charge in [0.05, 0.1) is 6.61 Å². The maximum Gasteiger partial charge on any atom is 0.220 e. The van der Waals surface area contributed by atoms with Gasteiger partial charge in [0, 0.05) is 11.8 Å². The van der Waals surface area contributed by atoms with Crippen molar-refractivity contribution in [3.63, 3.8) is 0 Å². The standard InChI is InChI=1S/C9H11NO/c1-3-8-6-5-7-10-9(8)11-4-2/h3,5-7H,1,4H2,2H3. The van der Waals surface area contributed by atoms with Crippen molar-refractivity contribution in [2.24, 2.45) is 0 Å². The minimum atomic E-state index is 0.637. The first-order valence-electron chi connectivity index (χ1n) is 3.58. The number of aromatic nitrogens is 1. The normalized spacial score (nSPS) is 9.18. The van der Waals surface area contributed by atoms with Gasteiger partial charge in [0.1, 0.15) is 0 Å². The molecular weight excluding hydrogens is 138 g/mol. The molecule has 11 heavy (non-hydrogen) atoms. The van der Waals surface area contributed by atoms with E-state index in [1.54, 1.807) is 12.3 Å². The molecule has 0 aromatic carbocycles. The average Bonchev–Trinajstić information content (AvgIpc) is 2.06. The van der Waals surface area contributed by atoms with Gasteiger partial charge < -0.3 is 4.74 Å². The van der Waals surface area contributed by atoms with E-state index >= 15 is 0 Å². The molecule has 0 aliphatic heterocycles. The summed E-state index contributed by atoms with van der Waals surface area (Å²) < 4.78 is 5.25. The van der Waals surface area contributed by atoms with Crippen LogP contribution >= 0.6 is 0 Å². The highest BCUT2D eigenvalue weighted by Gasteiger charge is 1.97. The van der Waals surface area contributed by atoms with Crippen LogP contribution in [0, 0.1) is 0 Å². The highest BCUT2D eigenvalue weighted by Crippen LogP contribution is 2.14. The Balaban J connectivity index is 2.92. The zero-order chi connectivity index (χ0) is 8.10. The molecule has 0 atom stereocenters. The third kappa shape index (κ3) is 1.80. The molecule has 0 bridgehead atoms. The van der Waals surface area contributed by atoms with E-state index in [1.165, 1.54) is 0 Å². The third-order valence-corrected chi connectivity index (χ3v) is 1.30. The smallest absolute Gasteiger partial charge is 0.220 e. The molecule has 0 fully saturated rings. The molecule has 1 aromatic heterocycles. The molecule has 0 saturated carbocycles. The molecule has 0 N–H and O–H groups in total. The first-order valence-corrected chi connectivity index (χ1v) is 3.58. The van der Waals surface area contributed by atoms with Gasteiger partial charge in [-0.25, -0.2) is 4.98 Å². The summed E-state index contributed by atoms with van der Waals surface area (Å²) in [6, 6.07) is 3.78. The number of rotatable bonds is 3. The third-order valence-electron chi connectivity index (χ3n) is 1.30. The highest BCUT2D eigenvalue weighted by atomic mass is 16.5. The maximum atomic E-state index is 5.25. The van der Waals surface area contributed by atoms with Crippen molar-refractivity contribution < 1.29 is 4.74 Å². The molecule has 0 amide bonds. The Hall–Kier alpha value is -1.31. The van der Waals surface area contributed by atoms with Crippen molar-refractivity contribution in [3.05, 3.63) is 30.5 Å². The van der Waals surface area contributed by atoms with Gasteiger partial charge in [-0.05, 0) is 19.1 Å². The maximum absolute atomic E-state index is 5.25. The van der Waals surface area contributed by atoms with Crippen LogP contribution < -0.4 is 4.74 Å². The Morgan fingerprint density at radius 2 is 2.55 bits per heavy atom. The molecule has 0 saturated heterocycles. The fourth-order valence-corrected chi connectivity index (χ4v) is 0.816. The van der Waals surface area contributed by atoms with Gasteiger partial charge in [-0.15, -0.1) is 0 Å². The Kier molecular flexibility index (Phi) is 2.66. The predicted molar refractivity (Wildman–Crippen MR) is 45.5 cm³/mol. The number of hydrogen-bond acceptors (Lipinski definition) is 2. The van der Waals surface area contributed by atoms with E-state index in [2.05, 4.69) is 11.6 Å². The van der Waals surface area contributed by atoms with E-state index in [0.29, 0.717) is 12.5 Å². The van der Waals surface area contributed by atoms with Crippen molar-refractivity contribution in [2.45, 2.75) is 6.92 Å². The van der Waals surface area contributed by atoms with Crippen LogP contribution in [-0.2, 0) is 0 Å². The number of hydrogen-bond donors (Lipinski definition) is 0. The molecule has 0 aliphatic rings. The number of nitrogens with zero attached hydrogens (tertiary/aromatic N) is 1. The van der Waals surface area contributed by atoms with Crippen LogP contribution in [0.4, 0.5) is 0 Å². The Morgan fingerprint density at radius 3 is 3.18 bits per heavy atom. The zero-order valence-corrected chi connectivity index (χ0v) is 6.58. The molecule has 0 aliphatic carbocycles. The molecular formula is C9H11NO. The summed E-state index contributed by atoms with van der Waals surface area (Å²) in [5.41, 5.74) is 0.939. The van der Waals surface area contributed by atoms with E-state index in [4.69, 9.17) is 4.74 Å². The van der Waals surface area contributed by atoms with Crippen molar-refractivity contribution >= 4 is 6.08 Å². The largest absolute Gasteiger partial charge is 0.478 e. The minimum absolute atomic E-state index is 0.637. The van der Waals surface area contributed by atoms with Crippen LogP contribution in [0.5, 0.6) is 5.88 Å². The Bertz CT molecular complexity index is 245. The molecule has 0 spiro atoms. The molecule has 58 valence electrons. The van der Waals surface area contributed by atoms with Gasteiger partial charge >= 0.3 is 0 Å². The monoisotopic (exact) mass is 149 g/mol. The summed E-state index contributed by atoms with van der Waals surface area (Å²) >= 11 is 0. The van der Waals surface area contributed by atoms with E-state index in [0.717, 1.165) is 5.56 Å². The predicted octanol–water partition coefficient (Wildman–Crippen LogP) is 2.12. The van der Waals surface area contributed by atoms with Crippen molar-refractivity contribution in [1.82, 2.24) is 4.98 Å². The molecule has 2 heteroatoms. The fraction of sp³-hybridized carbons (Fsp3) is 0.222. The number of pyridine rings is 1. The topological polar surface area (TPSA) is 22.1 Å². The second kappa shape index (κ2) is 3.76. The average molecular weight is 149 g/mol. The summed E-state index contributed by atoms with van der Waals surface area (Å²) in [7, 11) is 0. The molecule has 0 radical (unpaired) electrons. The van der Waals surface area contributed by atoms with Gasteiger partial charge in [-0.1, -0.05) is 12.7 Å². The summed E-state index contributed by atoms with van der Waals surface area (Å²) in [6.45, 7) is 6.22. The van der Waals surface area contributed by atoms with Crippen LogP contribution in [-0.4, -0.2) is 11.6 Å². The lowest BCUT2D eigenvalue weighted by molar-refractivity contribution is 0.326. The fourth-order valence-electron chi connectivity index (χ4n) is 0.816. The quantitative estimate of drug-likeness (QED) is 0.656. The van der Waals surface area contributed by atoms with Gasteiger partial charge in [-0.3, -0.25) is 0 Å². The molecule has 1 heterocycles. The molecule has 0 unspecified atom stereocenters. The minimum Gasteiger partial charge on any atom is -0.478 e. The van der Waals surface area contributed by atoms with Crippen LogP contribution in [0.3, 0.4) is 0 Å². The van der Waals surface area contributed by atoms with Crippen LogP contribution in [0.25, 0.3) is 6.08 Å². The van der Waals surface area contributed by atoms with Crippen LogP contribution in [0.1, 0.15) is 12.5 Å². The summed E-state index contributed by atoms with van der Waals surface area (Å²) in [4.78, 5) is 4.05. The van der Waals surface area contributed by atoms with Crippen LogP contribution in [0.2, 0.25) is 0 Å². The Morgan fingerprint density at radius 1 is 1.73 bits per heavy atom. The van der Waals surface area contributed by atoms with Crippen molar-refractivity contribution in [1.29, 1.82) is 0 Å². The summed E-state index contributed by atoms with van der Waals surface area (Å²) in [5, 5.41) is 0. The second-order valence-corrected chi connectivity index (χ2v) is 2.03. The van der Waals surface area contributed by atoms with E-state index in [-0.39, 0.29) is 0 Å². The highest BCUT2D eigenvalue weighted by molar-refractivity contribution is 5.52. The lowest BCUT2D eigenvalue weighted by Gasteiger charge is -2.03. The zero-order valence-electron chi connectivity index (χ0n) is 6.58. The lowest BCUT2D eigenvalue weighted by atomic mass is 10.3. The SMILES string of the molecule is C=Cc1cccnc1OCC. The number of ether oxygens (including phenoxy) is 1. The summed E-state index contributed by atoms with van der Waals surface area (Å²) in [5.74, 6) is 0.657. The van der Waals surface area contributed by atoms with E-state index in [1.807, 2.05) is 19.1 Å². The van der Waals surface area contributed by atoms with Gasteiger partial charge in [-0.2, -0.15) is 0 Å². The van der Waals surface area contributed by atoms with Crippen LogP contribution in [0.15, 0.2) is 24.9 Å². The Labute approximate surface area is 66.5 Å². The van der Waals surface area contributed by atoms with Crippen molar-refractivity contribution in [2.75, 3.05) is 6.61 Å². The lowest BCUT2D eigenvalue weighted by Crippen LogP contribution is -1.95. The van der Waals surface area contributed by atoms with Gasteiger partial charge in [0.15, 0.2) is 0 Å². The molecule has 1 aromatic rings. The first kappa shape index (κ1) is 7.79. The van der Waals surface area contributed by atoms with E-state index in [9.17, 15) is 0 Å². The summed E-state index contributed by atoms with van der Waals surface area (Å²) in [6.07, 6.45) is 3.44. The molecule has 1 rings (SSSR count). The first-order chi connectivity index (χ1) is 5.38. The second-order valence-electron chi connectivity index (χ2n) is 2.03.